The highest BCUT2D eigenvalue weighted by molar-refractivity contribution is 6.30. The SMILES string of the molecule is COC(=O)C1=C(Cn2cncn2)NC(=O)NC1c1ccc(Cl)cc1. The first-order valence-corrected chi connectivity index (χ1v) is 7.43. The topological polar surface area (TPSA) is 98.1 Å². The summed E-state index contributed by atoms with van der Waals surface area (Å²) in [4.78, 5) is 28.2. The number of nitrogens with zero attached hydrogens (tertiary/aromatic N) is 3. The number of aromatic nitrogens is 3. The quantitative estimate of drug-likeness (QED) is 0.815. The molecule has 0 fully saturated rings. The number of halogens is 1. The van der Waals surface area contributed by atoms with E-state index >= 15 is 0 Å². The van der Waals surface area contributed by atoms with Crippen LogP contribution in [0.3, 0.4) is 0 Å². The van der Waals surface area contributed by atoms with Crippen molar-refractivity contribution in [1.82, 2.24) is 25.4 Å². The van der Waals surface area contributed by atoms with Gasteiger partial charge in [-0.25, -0.2) is 19.3 Å². The summed E-state index contributed by atoms with van der Waals surface area (Å²) in [6.07, 6.45) is 2.87. The van der Waals surface area contributed by atoms with Gasteiger partial charge < -0.3 is 15.4 Å². The van der Waals surface area contributed by atoms with E-state index in [4.69, 9.17) is 16.3 Å². The van der Waals surface area contributed by atoms with E-state index in [1.54, 1.807) is 24.3 Å². The Morgan fingerprint density at radius 3 is 2.75 bits per heavy atom. The lowest BCUT2D eigenvalue weighted by Crippen LogP contribution is -2.46. The second-order valence-corrected chi connectivity index (χ2v) is 5.50. The zero-order chi connectivity index (χ0) is 17.1. The first-order chi connectivity index (χ1) is 11.6. The van der Waals surface area contributed by atoms with E-state index in [1.807, 2.05) is 0 Å². The highest BCUT2D eigenvalue weighted by Gasteiger charge is 2.33. The maximum Gasteiger partial charge on any atom is 0.338 e. The number of nitrogens with one attached hydrogen (secondary N) is 2. The zero-order valence-electron chi connectivity index (χ0n) is 12.7. The minimum absolute atomic E-state index is 0.182. The Bertz CT molecular complexity index is 786. The Morgan fingerprint density at radius 2 is 2.12 bits per heavy atom. The van der Waals surface area contributed by atoms with Gasteiger partial charge in [-0.05, 0) is 17.7 Å². The molecule has 3 rings (SSSR count). The number of hydrogen-bond acceptors (Lipinski definition) is 5. The molecule has 1 unspecified atom stereocenters. The summed E-state index contributed by atoms with van der Waals surface area (Å²) in [6, 6.07) is 5.80. The van der Waals surface area contributed by atoms with Gasteiger partial charge in [0.05, 0.1) is 31.0 Å². The van der Waals surface area contributed by atoms with Gasteiger partial charge in [0, 0.05) is 5.02 Å². The molecule has 1 aromatic carbocycles. The molecule has 0 spiro atoms. The minimum atomic E-state index is -0.651. The summed E-state index contributed by atoms with van der Waals surface area (Å²) in [5, 5.41) is 9.93. The molecule has 2 N–H and O–H groups in total. The smallest absolute Gasteiger partial charge is 0.338 e. The standard InChI is InChI=1S/C15H14ClN5O3/c1-24-14(22)12-11(6-21-8-17-7-18-21)19-15(23)20-13(12)9-2-4-10(16)5-3-9/h2-5,7-8,13H,6H2,1H3,(H2,19,20,23). The van der Waals surface area contributed by atoms with Gasteiger partial charge in [-0.1, -0.05) is 23.7 Å². The number of rotatable bonds is 4. The molecule has 2 heterocycles. The first-order valence-electron chi connectivity index (χ1n) is 7.05. The molecule has 0 saturated carbocycles. The number of amides is 2. The van der Waals surface area contributed by atoms with E-state index in [2.05, 4.69) is 20.7 Å². The molecular weight excluding hydrogens is 334 g/mol. The molecule has 9 heteroatoms. The van der Waals surface area contributed by atoms with Crippen molar-refractivity contribution in [3.05, 3.63) is 58.8 Å². The van der Waals surface area contributed by atoms with E-state index < -0.39 is 18.0 Å². The molecule has 8 nitrogen and oxygen atoms in total. The number of esters is 1. The van der Waals surface area contributed by atoms with Crippen molar-refractivity contribution in [2.75, 3.05) is 7.11 Å². The van der Waals surface area contributed by atoms with Crippen molar-refractivity contribution >= 4 is 23.6 Å². The summed E-state index contributed by atoms with van der Waals surface area (Å²) in [5.74, 6) is -0.544. The van der Waals surface area contributed by atoms with Crippen molar-refractivity contribution in [2.24, 2.45) is 0 Å². The molecule has 1 aromatic heterocycles. The largest absolute Gasteiger partial charge is 0.466 e. The van der Waals surface area contributed by atoms with Crippen LogP contribution in [0, 0.1) is 0 Å². The maximum absolute atomic E-state index is 12.3. The van der Waals surface area contributed by atoms with Crippen molar-refractivity contribution < 1.29 is 14.3 Å². The van der Waals surface area contributed by atoms with E-state index in [9.17, 15) is 9.59 Å². The van der Waals surface area contributed by atoms with Gasteiger partial charge in [-0.3, -0.25) is 0 Å². The third kappa shape index (κ3) is 3.23. The summed E-state index contributed by atoms with van der Waals surface area (Å²) >= 11 is 5.91. The minimum Gasteiger partial charge on any atom is -0.466 e. The van der Waals surface area contributed by atoms with Crippen LogP contribution in [0.2, 0.25) is 5.02 Å². The summed E-state index contributed by atoms with van der Waals surface area (Å²) in [7, 11) is 1.29. The molecule has 124 valence electrons. The molecule has 2 aromatic rings. The molecule has 0 radical (unpaired) electrons. The molecule has 0 bridgehead atoms. The number of methoxy groups -OCH3 is 1. The average molecular weight is 348 g/mol. The molecule has 1 atom stereocenters. The number of urea groups is 1. The van der Waals surface area contributed by atoms with Gasteiger partial charge >= 0.3 is 12.0 Å². The number of ether oxygens (including phenoxy) is 1. The van der Waals surface area contributed by atoms with Gasteiger partial charge in [0.25, 0.3) is 0 Å². The lowest BCUT2D eigenvalue weighted by atomic mass is 9.95. The Balaban J connectivity index is 2.06. The first kappa shape index (κ1) is 16.0. The predicted octanol–water partition coefficient (Wildman–Crippen LogP) is 1.41. The average Bonchev–Trinajstić information content (AvgIpc) is 3.07. The van der Waals surface area contributed by atoms with Gasteiger partial charge in [-0.2, -0.15) is 5.10 Å². The Labute approximate surface area is 142 Å². The van der Waals surface area contributed by atoms with Crippen LogP contribution in [0.25, 0.3) is 0 Å². The Kier molecular flexibility index (Phi) is 4.48. The number of benzene rings is 1. The van der Waals surface area contributed by atoms with Crippen molar-refractivity contribution in [2.45, 2.75) is 12.6 Å². The molecule has 24 heavy (non-hydrogen) atoms. The zero-order valence-corrected chi connectivity index (χ0v) is 13.4. The van der Waals surface area contributed by atoms with E-state index in [1.165, 1.54) is 24.4 Å². The van der Waals surface area contributed by atoms with Crippen molar-refractivity contribution in [1.29, 1.82) is 0 Å². The molecule has 1 aliphatic rings. The van der Waals surface area contributed by atoms with Crippen LogP contribution < -0.4 is 10.6 Å². The van der Waals surface area contributed by atoms with Gasteiger partial charge in [0.2, 0.25) is 0 Å². The maximum atomic E-state index is 12.3. The van der Waals surface area contributed by atoms with Crippen LogP contribution in [0.4, 0.5) is 4.79 Å². The van der Waals surface area contributed by atoms with Crippen LogP contribution in [0.1, 0.15) is 11.6 Å². The normalized spacial score (nSPS) is 17.2. The molecule has 2 amide bonds. The van der Waals surface area contributed by atoms with Crippen LogP contribution in [0.5, 0.6) is 0 Å². The fourth-order valence-corrected chi connectivity index (χ4v) is 2.60. The Hall–Kier alpha value is -2.87. The highest BCUT2D eigenvalue weighted by Crippen LogP contribution is 2.28. The summed E-state index contributed by atoms with van der Waals surface area (Å²) < 4.78 is 6.39. The number of carbonyl (C=O) groups excluding carboxylic acids is 2. The van der Waals surface area contributed by atoms with E-state index in [0.29, 0.717) is 21.9 Å². The lowest BCUT2D eigenvalue weighted by molar-refractivity contribution is -0.136. The lowest BCUT2D eigenvalue weighted by Gasteiger charge is -2.29. The monoisotopic (exact) mass is 347 g/mol. The molecule has 0 aliphatic carbocycles. The van der Waals surface area contributed by atoms with Crippen molar-refractivity contribution in [3.63, 3.8) is 0 Å². The number of allylic oxidation sites excluding steroid dienone is 1. The summed E-state index contributed by atoms with van der Waals surface area (Å²) in [6.45, 7) is 0.182. The predicted molar refractivity (Wildman–Crippen MR) is 84.9 cm³/mol. The number of hydrogen-bond donors (Lipinski definition) is 2. The highest BCUT2D eigenvalue weighted by atomic mass is 35.5. The molecular formula is C15H14ClN5O3. The van der Waals surface area contributed by atoms with Gasteiger partial charge in [0.15, 0.2) is 0 Å². The third-order valence-electron chi connectivity index (χ3n) is 3.55. The molecule has 0 saturated heterocycles. The van der Waals surface area contributed by atoms with Crippen LogP contribution >= 0.6 is 11.6 Å². The second kappa shape index (κ2) is 6.71. The third-order valence-corrected chi connectivity index (χ3v) is 3.80. The number of carbonyl (C=O) groups is 2. The van der Waals surface area contributed by atoms with Gasteiger partial charge in [0.1, 0.15) is 12.7 Å². The van der Waals surface area contributed by atoms with Gasteiger partial charge in [-0.15, -0.1) is 0 Å². The van der Waals surface area contributed by atoms with Crippen molar-refractivity contribution in [3.8, 4) is 0 Å². The molecule has 1 aliphatic heterocycles. The van der Waals surface area contributed by atoms with Crippen LogP contribution in [-0.4, -0.2) is 33.9 Å². The van der Waals surface area contributed by atoms with E-state index in [0.717, 1.165) is 0 Å². The fourth-order valence-electron chi connectivity index (χ4n) is 2.48. The van der Waals surface area contributed by atoms with Crippen LogP contribution in [0.15, 0.2) is 48.2 Å². The Morgan fingerprint density at radius 1 is 1.38 bits per heavy atom. The second-order valence-electron chi connectivity index (χ2n) is 5.06. The fraction of sp³-hybridized carbons (Fsp3) is 0.200. The summed E-state index contributed by atoms with van der Waals surface area (Å²) in [5.41, 5.74) is 1.41. The van der Waals surface area contributed by atoms with E-state index in [-0.39, 0.29) is 6.54 Å². The van der Waals surface area contributed by atoms with Crippen LogP contribution in [-0.2, 0) is 16.1 Å².